The smallest absolute Gasteiger partial charge is 0.322 e. The average molecular weight is 345 g/mol. The molecule has 3 rings (SSSR count). The van der Waals surface area contributed by atoms with Crippen molar-refractivity contribution >= 4 is 17.8 Å². The van der Waals surface area contributed by atoms with Crippen LogP contribution in [0.4, 0.5) is 18.0 Å². The van der Waals surface area contributed by atoms with Gasteiger partial charge in [0.2, 0.25) is 0 Å². The minimum Gasteiger partial charge on any atom is -0.322 e. The summed E-state index contributed by atoms with van der Waals surface area (Å²) in [7, 11) is 0. The van der Waals surface area contributed by atoms with Gasteiger partial charge in [-0.2, -0.15) is 13.2 Å². The third-order valence-electron chi connectivity index (χ3n) is 4.03. The maximum atomic E-state index is 12.9. The fourth-order valence-corrected chi connectivity index (χ4v) is 3.79. The summed E-state index contributed by atoms with van der Waals surface area (Å²) in [4.78, 5) is 16.8. The molecule has 0 atom stereocenters. The second kappa shape index (κ2) is 6.60. The first kappa shape index (κ1) is 16.4. The molecule has 2 amide bonds. The number of carbonyl (C=O) groups is 1. The van der Waals surface area contributed by atoms with E-state index >= 15 is 0 Å². The van der Waals surface area contributed by atoms with E-state index < -0.39 is 11.7 Å². The Kier molecular flexibility index (Phi) is 4.72. The predicted molar refractivity (Wildman–Crippen MR) is 82.4 cm³/mol. The average Bonchev–Trinajstić information content (AvgIpc) is 2.75. The zero-order valence-corrected chi connectivity index (χ0v) is 13.3. The topological polar surface area (TPSA) is 35.6 Å². The molecule has 126 valence electrons. The highest BCUT2D eigenvalue weighted by atomic mass is 32.2. The summed E-state index contributed by atoms with van der Waals surface area (Å²) in [6.07, 6.45) is -4.36. The van der Waals surface area contributed by atoms with Crippen LogP contribution in [0.1, 0.15) is 11.1 Å². The van der Waals surface area contributed by atoms with Crippen LogP contribution >= 0.6 is 11.8 Å². The van der Waals surface area contributed by atoms with Gasteiger partial charge in [-0.05, 0) is 23.8 Å². The van der Waals surface area contributed by atoms with Crippen molar-refractivity contribution in [2.45, 2.75) is 17.6 Å². The number of amides is 2. The summed E-state index contributed by atoms with van der Waals surface area (Å²) in [6.45, 7) is 3.56. The number of carbonyl (C=O) groups excluding carboxylic acids is 1. The highest BCUT2D eigenvalue weighted by molar-refractivity contribution is 7.99. The highest BCUT2D eigenvalue weighted by Crippen LogP contribution is 2.35. The van der Waals surface area contributed by atoms with Crippen molar-refractivity contribution in [2.75, 3.05) is 38.5 Å². The van der Waals surface area contributed by atoms with Crippen LogP contribution in [0.2, 0.25) is 0 Å². The molecule has 8 heteroatoms. The number of alkyl halides is 3. The van der Waals surface area contributed by atoms with Crippen LogP contribution in [-0.4, -0.2) is 54.3 Å². The number of urea groups is 1. The van der Waals surface area contributed by atoms with Crippen LogP contribution in [0, 0.1) is 0 Å². The van der Waals surface area contributed by atoms with Gasteiger partial charge in [0.25, 0.3) is 0 Å². The van der Waals surface area contributed by atoms with E-state index in [0.29, 0.717) is 31.0 Å². The molecule has 4 nitrogen and oxygen atoms in total. The molecular formula is C15H18F3N3OS. The van der Waals surface area contributed by atoms with Crippen LogP contribution in [0.15, 0.2) is 23.1 Å². The molecule has 23 heavy (non-hydrogen) atoms. The normalized spacial score (nSPS) is 19.3. The van der Waals surface area contributed by atoms with Crippen LogP contribution in [-0.2, 0) is 12.7 Å². The van der Waals surface area contributed by atoms with Crippen molar-refractivity contribution < 1.29 is 18.0 Å². The van der Waals surface area contributed by atoms with Crippen molar-refractivity contribution in [2.24, 2.45) is 0 Å². The molecule has 2 aliphatic heterocycles. The van der Waals surface area contributed by atoms with Gasteiger partial charge in [-0.15, -0.1) is 11.8 Å². The summed E-state index contributed by atoms with van der Waals surface area (Å²) in [6, 6.07) is 3.71. The van der Waals surface area contributed by atoms with E-state index in [1.807, 2.05) is 0 Å². The Morgan fingerprint density at radius 1 is 1.13 bits per heavy atom. The van der Waals surface area contributed by atoms with Gasteiger partial charge in [-0.25, -0.2) is 4.79 Å². The summed E-state index contributed by atoms with van der Waals surface area (Å²) < 4.78 is 38.7. The van der Waals surface area contributed by atoms with Gasteiger partial charge in [0.15, 0.2) is 0 Å². The number of thioether (sulfide) groups is 1. The fourth-order valence-electron chi connectivity index (χ4n) is 2.79. The Morgan fingerprint density at radius 2 is 1.87 bits per heavy atom. The highest BCUT2D eigenvalue weighted by Gasteiger charge is 2.32. The molecule has 1 fully saturated rings. The largest absolute Gasteiger partial charge is 0.416 e. The molecule has 0 unspecified atom stereocenters. The minimum atomic E-state index is -4.36. The first-order chi connectivity index (χ1) is 10.9. The number of nitrogens with one attached hydrogen (secondary N) is 1. The lowest BCUT2D eigenvalue weighted by molar-refractivity contribution is -0.137. The van der Waals surface area contributed by atoms with E-state index in [2.05, 4.69) is 5.32 Å². The Labute approximate surface area is 137 Å². The number of nitrogens with zero attached hydrogens (tertiary/aromatic N) is 2. The molecule has 1 aromatic carbocycles. The summed E-state index contributed by atoms with van der Waals surface area (Å²) in [5, 5.41) is 3.18. The van der Waals surface area contributed by atoms with Crippen LogP contribution in [0.25, 0.3) is 0 Å². The fraction of sp³-hybridized carbons (Fsp3) is 0.533. The van der Waals surface area contributed by atoms with Crippen molar-refractivity contribution in [1.29, 1.82) is 0 Å². The molecule has 0 bridgehead atoms. The molecule has 0 spiro atoms. The Morgan fingerprint density at radius 3 is 2.57 bits per heavy atom. The first-order valence-corrected chi connectivity index (χ1v) is 8.51. The quantitative estimate of drug-likeness (QED) is 0.785. The third-order valence-corrected chi connectivity index (χ3v) is 5.12. The number of rotatable bonds is 0. The molecule has 0 aromatic heterocycles. The van der Waals surface area contributed by atoms with Gasteiger partial charge in [-0.3, -0.25) is 0 Å². The Balaban J connectivity index is 1.80. The monoisotopic (exact) mass is 345 g/mol. The number of hydrogen-bond acceptors (Lipinski definition) is 3. The number of hydrogen-bond donors (Lipinski definition) is 1. The molecule has 0 aliphatic carbocycles. The van der Waals surface area contributed by atoms with E-state index in [9.17, 15) is 18.0 Å². The summed E-state index contributed by atoms with van der Waals surface area (Å²) in [5.74, 6) is 0.691. The number of piperazine rings is 1. The lowest BCUT2D eigenvalue weighted by atomic mass is 10.1. The van der Waals surface area contributed by atoms with E-state index in [1.165, 1.54) is 23.9 Å². The van der Waals surface area contributed by atoms with Gasteiger partial charge in [0, 0.05) is 49.9 Å². The van der Waals surface area contributed by atoms with E-state index in [-0.39, 0.29) is 12.6 Å². The van der Waals surface area contributed by atoms with Gasteiger partial charge in [0.05, 0.1) is 5.56 Å². The Bertz CT molecular complexity index is 588. The minimum absolute atomic E-state index is 0.0858. The predicted octanol–water partition coefficient (Wildman–Crippen LogP) is 2.64. The van der Waals surface area contributed by atoms with Crippen LogP contribution in [0.5, 0.6) is 0 Å². The maximum absolute atomic E-state index is 12.9. The van der Waals surface area contributed by atoms with E-state index in [1.54, 1.807) is 9.80 Å². The van der Waals surface area contributed by atoms with Gasteiger partial charge in [0.1, 0.15) is 0 Å². The summed E-state index contributed by atoms with van der Waals surface area (Å²) >= 11 is 1.50. The lowest BCUT2D eigenvalue weighted by Gasteiger charge is -2.32. The second-order valence-electron chi connectivity index (χ2n) is 5.61. The van der Waals surface area contributed by atoms with Crippen molar-refractivity contribution in [1.82, 2.24) is 15.1 Å². The van der Waals surface area contributed by atoms with Gasteiger partial charge in [-0.1, -0.05) is 0 Å². The van der Waals surface area contributed by atoms with Crippen molar-refractivity contribution in [3.8, 4) is 0 Å². The van der Waals surface area contributed by atoms with Crippen molar-refractivity contribution in [3.05, 3.63) is 29.3 Å². The molecular weight excluding hydrogens is 327 g/mol. The van der Waals surface area contributed by atoms with Crippen LogP contribution in [0.3, 0.4) is 0 Å². The first-order valence-electron chi connectivity index (χ1n) is 7.52. The SMILES string of the molecule is O=C(N1CCNCC1)N1CCSc2ccc(C(F)(F)F)cc2C1. The summed E-state index contributed by atoms with van der Waals surface area (Å²) in [5.41, 5.74) is -0.0841. The molecule has 1 N–H and O–H groups in total. The van der Waals surface area contributed by atoms with Gasteiger partial charge < -0.3 is 15.1 Å². The van der Waals surface area contributed by atoms with Gasteiger partial charge >= 0.3 is 12.2 Å². The molecule has 0 radical (unpaired) electrons. The lowest BCUT2D eigenvalue weighted by Crippen LogP contribution is -2.51. The van der Waals surface area contributed by atoms with Crippen molar-refractivity contribution in [3.63, 3.8) is 0 Å². The molecule has 1 saturated heterocycles. The number of benzene rings is 1. The molecule has 1 aromatic rings. The molecule has 2 heterocycles. The second-order valence-corrected chi connectivity index (χ2v) is 6.75. The van der Waals surface area contributed by atoms with Crippen LogP contribution < -0.4 is 5.32 Å². The number of halogens is 3. The van der Waals surface area contributed by atoms with E-state index in [4.69, 9.17) is 0 Å². The standard InChI is InChI=1S/C15H18F3N3OS/c16-15(17,18)12-1-2-13-11(9-12)10-21(7-8-23-13)14(22)20-5-3-19-4-6-20/h1-2,9,19H,3-8,10H2. The zero-order chi connectivity index (χ0) is 16.4. The Hall–Kier alpha value is -1.41. The third kappa shape index (κ3) is 3.74. The maximum Gasteiger partial charge on any atom is 0.416 e. The zero-order valence-electron chi connectivity index (χ0n) is 12.5. The number of fused-ring (bicyclic) bond motifs is 1. The van der Waals surface area contributed by atoms with E-state index in [0.717, 1.165) is 24.1 Å². The molecule has 2 aliphatic rings. The molecule has 0 saturated carbocycles.